The number of aryl methyl sites for hydroxylation is 1. The van der Waals surface area contributed by atoms with Gasteiger partial charge in [-0.15, -0.1) is 0 Å². The summed E-state index contributed by atoms with van der Waals surface area (Å²) in [6.45, 7) is 3.60. The van der Waals surface area contributed by atoms with E-state index in [0.29, 0.717) is 29.0 Å². The average Bonchev–Trinajstić information content (AvgIpc) is 2.41. The first kappa shape index (κ1) is 13.3. The van der Waals surface area contributed by atoms with Crippen molar-refractivity contribution in [2.75, 3.05) is 0 Å². The Morgan fingerprint density at radius 2 is 2.00 bits per heavy atom. The number of rotatable bonds is 4. The largest absolute Gasteiger partial charge is 0.457 e. The van der Waals surface area contributed by atoms with Crippen molar-refractivity contribution in [3.8, 4) is 11.5 Å². The van der Waals surface area contributed by atoms with Crippen molar-refractivity contribution < 1.29 is 13.9 Å². The van der Waals surface area contributed by atoms with Crippen LogP contribution >= 0.6 is 0 Å². The van der Waals surface area contributed by atoms with E-state index in [9.17, 15) is 9.18 Å². The molecule has 0 atom stereocenters. The van der Waals surface area contributed by atoms with E-state index in [0.717, 1.165) is 0 Å². The fraction of sp³-hybridized carbons (Fsp3) is 0.188. The number of carbonyl (C=O) groups is 1. The van der Waals surface area contributed by atoms with Crippen LogP contribution in [-0.4, -0.2) is 5.78 Å². The molecule has 2 aromatic rings. The van der Waals surface area contributed by atoms with Crippen molar-refractivity contribution in [1.29, 1.82) is 0 Å². The lowest BCUT2D eigenvalue weighted by atomic mass is 10.1. The van der Waals surface area contributed by atoms with E-state index in [1.807, 2.05) is 6.92 Å². The van der Waals surface area contributed by atoms with Gasteiger partial charge in [0.15, 0.2) is 5.78 Å². The zero-order valence-electron chi connectivity index (χ0n) is 10.9. The van der Waals surface area contributed by atoms with Crippen LogP contribution in [0.3, 0.4) is 0 Å². The van der Waals surface area contributed by atoms with Gasteiger partial charge in [0.1, 0.15) is 17.3 Å². The lowest BCUT2D eigenvalue weighted by Crippen LogP contribution is -1.97. The number of hydrogen-bond acceptors (Lipinski definition) is 2. The summed E-state index contributed by atoms with van der Waals surface area (Å²) in [4.78, 5) is 11.6. The summed E-state index contributed by atoms with van der Waals surface area (Å²) in [6.07, 6.45) is 0.457. The smallest absolute Gasteiger partial charge is 0.162 e. The molecular weight excluding hydrogens is 243 g/mol. The molecule has 0 bridgehead atoms. The number of hydrogen-bond donors (Lipinski definition) is 0. The Morgan fingerprint density at radius 1 is 1.21 bits per heavy atom. The summed E-state index contributed by atoms with van der Waals surface area (Å²) >= 11 is 0. The van der Waals surface area contributed by atoms with Crippen LogP contribution < -0.4 is 4.74 Å². The van der Waals surface area contributed by atoms with Gasteiger partial charge in [0.05, 0.1) is 0 Å². The lowest BCUT2D eigenvalue weighted by Gasteiger charge is -2.09. The van der Waals surface area contributed by atoms with Crippen LogP contribution in [0.15, 0.2) is 42.5 Å². The SMILES string of the molecule is CCC(=O)c1cccc(Oc2ccc(F)cc2C)c1. The van der Waals surface area contributed by atoms with E-state index in [1.54, 1.807) is 37.3 Å². The van der Waals surface area contributed by atoms with Gasteiger partial charge < -0.3 is 4.74 Å². The van der Waals surface area contributed by atoms with Gasteiger partial charge in [-0.2, -0.15) is 0 Å². The summed E-state index contributed by atoms with van der Waals surface area (Å²) in [5, 5.41) is 0. The van der Waals surface area contributed by atoms with Gasteiger partial charge in [0.2, 0.25) is 0 Å². The van der Waals surface area contributed by atoms with Gasteiger partial charge in [0, 0.05) is 12.0 Å². The monoisotopic (exact) mass is 258 g/mol. The molecule has 0 N–H and O–H groups in total. The third-order valence-corrected chi connectivity index (χ3v) is 2.84. The molecule has 0 heterocycles. The third-order valence-electron chi connectivity index (χ3n) is 2.84. The van der Waals surface area contributed by atoms with Crippen molar-refractivity contribution in [3.63, 3.8) is 0 Å². The van der Waals surface area contributed by atoms with Gasteiger partial charge >= 0.3 is 0 Å². The molecule has 0 aliphatic heterocycles. The summed E-state index contributed by atoms with van der Waals surface area (Å²) < 4.78 is 18.7. The maximum Gasteiger partial charge on any atom is 0.162 e. The van der Waals surface area contributed by atoms with Crippen molar-refractivity contribution in [2.45, 2.75) is 20.3 Å². The number of carbonyl (C=O) groups excluding carboxylic acids is 1. The van der Waals surface area contributed by atoms with Crippen molar-refractivity contribution in [3.05, 3.63) is 59.4 Å². The van der Waals surface area contributed by atoms with Gasteiger partial charge in [-0.1, -0.05) is 19.1 Å². The van der Waals surface area contributed by atoms with Gasteiger partial charge in [-0.25, -0.2) is 4.39 Å². The Labute approximate surface area is 111 Å². The molecule has 19 heavy (non-hydrogen) atoms. The fourth-order valence-electron chi connectivity index (χ4n) is 1.79. The van der Waals surface area contributed by atoms with E-state index in [4.69, 9.17) is 4.74 Å². The normalized spacial score (nSPS) is 10.3. The first-order valence-corrected chi connectivity index (χ1v) is 6.17. The molecule has 0 amide bonds. The highest BCUT2D eigenvalue weighted by Crippen LogP contribution is 2.26. The highest BCUT2D eigenvalue weighted by molar-refractivity contribution is 5.96. The first-order chi connectivity index (χ1) is 9.10. The molecule has 0 fully saturated rings. The van der Waals surface area contributed by atoms with Crippen LogP contribution in [0.2, 0.25) is 0 Å². The number of ether oxygens (including phenoxy) is 1. The molecule has 0 spiro atoms. The van der Waals surface area contributed by atoms with Crippen LogP contribution in [0.5, 0.6) is 11.5 Å². The summed E-state index contributed by atoms with van der Waals surface area (Å²) in [5.41, 5.74) is 1.34. The first-order valence-electron chi connectivity index (χ1n) is 6.17. The van der Waals surface area contributed by atoms with Crippen molar-refractivity contribution in [2.24, 2.45) is 0 Å². The van der Waals surface area contributed by atoms with Crippen molar-refractivity contribution in [1.82, 2.24) is 0 Å². The Balaban J connectivity index is 2.26. The van der Waals surface area contributed by atoms with E-state index >= 15 is 0 Å². The van der Waals surface area contributed by atoms with Crippen LogP contribution in [0.25, 0.3) is 0 Å². The van der Waals surface area contributed by atoms with Crippen LogP contribution in [0.1, 0.15) is 29.3 Å². The molecule has 3 heteroatoms. The van der Waals surface area contributed by atoms with Gasteiger partial charge in [-0.05, 0) is 42.8 Å². The number of Topliss-reactive ketones (excluding diaryl/α,β-unsaturated/α-hetero) is 1. The molecular formula is C16H15FO2. The lowest BCUT2D eigenvalue weighted by molar-refractivity contribution is 0.0988. The molecule has 98 valence electrons. The summed E-state index contributed by atoms with van der Waals surface area (Å²) in [6, 6.07) is 11.4. The average molecular weight is 258 g/mol. The third kappa shape index (κ3) is 3.19. The molecule has 0 unspecified atom stereocenters. The Morgan fingerprint density at radius 3 is 2.68 bits per heavy atom. The summed E-state index contributed by atoms with van der Waals surface area (Å²) in [7, 11) is 0. The second kappa shape index (κ2) is 5.65. The number of ketones is 1. The molecule has 2 nitrogen and oxygen atoms in total. The van der Waals surface area contributed by atoms with E-state index in [2.05, 4.69) is 0 Å². The maximum atomic E-state index is 13.0. The molecule has 0 saturated heterocycles. The highest BCUT2D eigenvalue weighted by atomic mass is 19.1. The zero-order valence-corrected chi connectivity index (χ0v) is 10.9. The molecule has 2 rings (SSSR count). The predicted octanol–water partition coefficient (Wildman–Crippen LogP) is 4.52. The second-order valence-corrected chi connectivity index (χ2v) is 4.32. The molecule has 0 aromatic heterocycles. The van der Waals surface area contributed by atoms with Crippen LogP contribution in [0, 0.1) is 12.7 Å². The van der Waals surface area contributed by atoms with E-state index in [1.165, 1.54) is 12.1 Å². The minimum Gasteiger partial charge on any atom is -0.457 e. The number of benzene rings is 2. The van der Waals surface area contributed by atoms with Gasteiger partial charge in [-0.3, -0.25) is 4.79 Å². The quantitative estimate of drug-likeness (QED) is 0.754. The fourth-order valence-corrected chi connectivity index (χ4v) is 1.79. The standard InChI is InChI=1S/C16H15FO2/c1-3-15(18)12-5-4-6-14(10-12)19-16-8-7-13(17)9-11(16)2/h4-10H,3H2,1-2H3. The second-order valence-electron chi connectivity index (χ2n) is 4.32. The molecule has 2 aromatic carbocycles. The van der Waals surface area contributed by atoms with E-state index in [-0.39, 0.29) is 11.6 Å². The van der Waals surface area contributed by atoms with Crippen LogP contribution in [-0.2, 0) is 0 Å². The maximum absolute atomic E-state index is 13.0. The zero-order chi connectivity index (χ0) is 13.8. The minimum absolute atomic E-state index is 0.0706. The Hall–Kier alpha value is -2.16. The predicted molar refractivity (Wildman–Crippen MR) is 72.3 cm³/mol. The summed E-state index contributed by atoms with van der Waals surface area (Å²) in [5.74, 6) is 0.942. The topological polar surface area (TPSA) is 26.3 Å². The van der Waals surface area contributed by atoms with Crippen LogP contribution in [0.4, 0.5) is 4.39 Å². The molecule has 0 saturated carbocycles. The molecule has 0 radical (unpaired) electrons. The number of halogens is 1. The molecule has 0 aliphatic carbocycles. The van der Waals surface area contributed by atoms with Crippen molar-refractivity contribution >= 4 is 5.78 Å². The van der Waals surface area contributed by atoms with Gasteiger partial charge in [0.25, 0.3) is 0 Å². The Kier molecular flexibility index (Phi) is 3.95. The highest BCUT2D eigenvalue weighted by Gasteiger charge is 2.06. The van der Waals surface area contributed by atoms with E-state index < -0.39 is 0 Å². The molecule has 0 aliphatic rings. The minimum atomic E-state index is -0.292. The Bertz CT molecular complexity index is 605.